The van der Waals surface area contributed by atoms with Gasteiger partial charge in [-0.15, -0.1) is 16.8 Å². The fourth-order valence-corrected chi connectivity index (χ4v) is 4.11. The van der Waals surface area contributed by atoms with Gasteiger partial charge in [-0.05, 0) is 19.1 Å². The lowest BCUT2D eigenvalue weighted by atomic mass is 10.0. The molecule has 2 aromatic carbocycles. The predicted octanol–water partition coefficient (Wildman–Crippen LogP) is 6.16. The third-order valence-corrected chi connectivity index (χ3v) is 5.66. The number of para-hydroxylation sites is 1. The molecular formula is C24H24N4S. The molecule has 0 aliphatic heterocycles. The van der Waals surface area contributed by atoms with E-state index < -0.39 is 0 Å². The van der Waals surface area contributed by atoms with Crippen LogP contribution in [0, 0.1) is 6.92 Å². The van der Waals surface area contributed by atoms with E-state index >= 15 is 0 Å². The molecule has 4 rings (SSSR count). The molecule has 0 aliphatic carbocycles. The van der Waals surface area contributed by atoms with E-state index in [4.69, 9.17) is 4.98 Å². The zero-order valence-electron chi connectivity index (χ0n) is 17.0. The lowest BCUT2D eigenvalue weighted by molar-refractivity contribution is 0.729. The fourth-order valence-electron chi connectivity index (χ4n) is 3.31. The van der Waals surface area contributed by atoms with Crippen molar-refractivity contribution in [3.63, 3.8) is 0 Å². The van der Waals surface area contributed by atoms with Crippen molar-refractivity contribution in [1.29, 1.82) is 0 Å². The molecule has 5 heteroatoms. The Morgan fingerprint density at radius 1 is 1.07 bits per heavy atom. The van der Waals surface area contributed by atoms with Gasteiger partial charge in [-0.25, -0.2) is 4.98 Å². The van der Waals surface area contributed by atoms with E-state index in [1.165, 1.54) is 5.56 Å². The van der Waals surface area contributed by atoms with Gasteiger partial charge in [0.05, 0.1) is 11.2 Å². The molecule has 0 radical (unpaired) electrons. The Kier molecular flexibility index (Phi) is 5.49. The topological polar surface area (TPSA) is 43.6 Å². The molecule has 0 bridgehead atoms. The van der Waals surface area contributed by atoms with Gasteiger partial charge >= 0.3 is 0 Å². The van der Waals surface area contributed by atoms with Gasteiger partial charge in [0.1, 0.15) is 0 Å². The summed E-state index contributed by atoms with van der Waals surface area (Å²) in [6.07, 6.45) is 1.89. The van der Waals surface area contributed by atoms with Gasteiger partial charge in [-0.1, -0.05) is 79.7 Å². The van der Waals surface area contributed by atoms with Crippen LogP contribution in [-0.2, 0) is 6.54 Å². The highest BCUT2D eigenvalue weighted by atomic mass is 32.2. The van der Waals surface area contributed by atoms with Crippen LogP contribution in [0.1, 0.15) is 19.4 Å². The molecule has 146 valence electrons. The summed E-state index contributed by atoms with van der Waals surface area (Å²) in [5.41, 5.74) is 5.25. The van der Waals surface area contributed by atoms with Crippen LogP contribution in [0.2, 0.25) is 0 Å². The molecule has 0 saturated heterocycles. The van der Waals surface area contributed by atoms with Crippen LogP contribution >= 0.6 is 11.8 Å². The van der Waals surface area contributed by atoms with E-state index in [1.807, 2.05) is 18.2 Å². The summed E-state index contributed by atoms with van der Waals surface area (Å²) < 4.78 is 2.14. The van der Waals surface area contributed by atoms with E-state index in [0.29, 0.717) is 11.8 Å². The number of aryl methyl sites for hydroxylation is 1. The van der Waals surface area contributed by atoms with Crippen molar-refractivity contribution in [2.45, 2.75) is 37.7 Å². The van der Waals surface area contributed by atoms with Gasteiger partial charge < -0.3 is 0 Å². The molecule has 0 atom stereocenters. The third-order valence-electron chi connectivity index (χ3n) is 4.67. The Labute approximate surface area is 175 Å². The number of allylic oxidation sites excluding steroid dienone is 1. The summed E-state index contributed by atoms with van der Waals surface area (Å²) in [7, 11) is 0. The summed E-state index contributed by atoms with van der Waals surface area (Å²) in [6.45, 7) is 11.0. The zero-order valence-corrected chi connectivity index (χ0v) is 17.8. The number of rotatable bonds is 6. The van der Waals surface area contributed by atoms with E-state index in [2.05, 4.69) is 84.6 Å². The second-order valence-corrected chi connectivity index (χ2v) is 8.85. The molecule has 0 amide bonds. The quantitative estimate of drug-likeness (QED) is 0.287. The van der Waals surface area contributed by atoms with Crippen LogP contribution in [0.3, 0.4) is 0 Å². The molecule has 0 fully saturated rings. The Morgan fingerprint density at radius 2 is 1.83 bits per heavy atom. The Hall–Kier alpha value is -2.92. The smallest absolute Gasteiger partial charge is 0.192 e. The van der Waals surface area contributed by atoms with Crippen molar-refractivity contribution < 1.29 is 0 Å². The normalized spacial score (nSPS) is 11.3. The molecule has 0 N–H and O–H groups in total. The standard InChI is InChI=1S/C24H24N4S/c1-5-14-28-23(26-27-24(28)29-16(2)3)20-15-22(18-12-10-17(4)11-13-18)25-21-9-7-6-8-19(20)21/h5-13,15-16H,1,14H2,2-4H3. The van der Waals surface area contributed by atoms with Gasteiger partial charge in [0, 0.05) is 28.3 Å². The summed E-state index contributed by atoms with van der Waals surface area (Å²) in [4.78, 5) is 4.91. The van der Waals surface area contributed by atoms with Gasteiger partial charge in [0.2, 0.25) is 0 Å². The monoisotopic (exact) mass is 400 g/mol. The average molecular weight is 401 g/mol. The molecule has 0 unspecified atom stereocenters. The number of thioether (sulfide) groups is 1. The van der Waals surface area contributed by atoms with Gasteiger partial charge in [-0.2, -0.15) is 0 Å². The number of aromatic nitrogens is 4. The summed E-state index contributed by atoms with van der Waals surface area (Å²) >= 11 is 1.71. The highest BCUT2D eigenvalue weighted by molar-refractivity contribution is 7.99. The second-order valence-electron chi connectivity index (χ2n) is 7.31. The van der Waals surface area contributed by atoms with Crippen LogP contribution in [-0.4, -0.2) is 25.0 Å². The molecule has 4 aromatic rings. The maximum Gasteiger partial charge on any atom is 0.192 e. The largest absolute Gasteiger partial charge is 0.298 e. The highest BCUT2D eigenvalue weighted by Crippen LogP contribution is 2.33. The number of hydrogen-bond donors (Lipinski definition) is 0. The van der Waals surface area contributed by atoms with Crippen LogP contribution in [0.5, 0.6) is 0 Å². The molecule has 2 aromatic heterocycles. The first-order valence-corrected chi connectivity index (χ1v) is 10.6. The second kappa shape index (κ2) is 8.21. The molecular weight excluding hydrogens is 376 g/mol. The third kappa shape index (κ3) is 3.96. The van der Waals surface area contributed by atoms with E-state index in [0.717, 1.165) is 38.7 Å². The van der Waals surface area contributed by atoms with Crippen molar-refractivity contribution in [2.75, 3.05) is 0 Å². The first-order valence-electron chi connectivity index (χ1n) is 9.74. The molecule has 29 heavy (non-hydrogen) atoms. The first-order chi connectivity index (χ1) is 14.1. The lowest BCUT2D eigenvalue weighted by Gasteiger charge is -2.12. The molecule has 0 aliphatic rings. The lowest BCUT2D eigenvalue weighted by Crippen LogP contribution is -2.03. The van der Waals surface area contributed by atoms with Crippen molar-refractivity contribution in [3.05, 3.63) is 72.8 Å². The fraction of sp³-hybridized carbons (Fsp3) is 0.208. The molecule has 2 heterocycles. The SMILES string of the molecule is C=CCn1c(SC(C)C)nnc1-c1cc(-c2ccc(C)cc2)nc2ccccc12. The molecule has 0 saturated carbocycles. The maximum atomic E-state index is 4.91. The molecule has 4 nitrogen and oxygen atoms in total. The highest BCUT2D eigenvalue weighted by Gasteiger charge is 2.18. The number of nitrogens with zero attached hydrogens (tertiary/aromatic N) is 4. The number of fused-ring (bicyclic) bond motifs is 1. The van der Waals surface area contributed by atoms with Crippen molar-refractivity contribution in [1.82, 2.24) is 19.7 Å². The van der Waals surface area contributed by atoms with Crippen LogP contribution in [0.25, 0.3) is 33.5 Å². The average Bonchev–Trinajstić information content (AvgIpc) is 3.09. The summed E-state index contributed by atoms with van der Waals surface area (Å²) in [5, 5.41) is 11.5. The minimum atomic E-state index is 0.424. The van der Waals surface area contributed by atoms with Gasteiger partial charge in [0.25, 0.3) is 0 Å². The first kappa shape index (κ1) is 19.4. The molecule has 0 spiro atoms. The van der Waals surface area contributed by atoms with Crippen LogP contribution < -0.4 is 0 Å². The Bertz CT molecular complexity index is 1160. The van der Waals surface area contributed by atoms with Crippen molar-refractivity contribution in [3.8, 4) is 22.6 Å². The Morgan fingerprint density at radius 3 is 2.55 bits per heavy atom. The number of hydrogen-bond acceptors (Lipinski definition) is 4. The summed E-state index contributed by atoms with van der Waals surface area (Å²) in [5.74, 6) is 0.847. The maximum absolute atomic E-state index is 4.91. The van der Waals surface area contributed by atoms with E-state index in [-0.39, 0.29) is 0 Å². The zero-order chi connectivity index (χ0) is 20.4. The Balaban J connectivity index is 1.94. The van der Waals surface area contributed by atoms with E-state index in [1.54, 1.807) is 11.8 Å². The van der Waals surface area contributed by atoms with Gasteiger partial charge in [0.15, 0.2) is 11.0 Å². The van der Waals surface area contributed by atoms with Crippen molar-refractivity contribution in [2.24, 2.45) is 0 Å². The van der Waals surface area contributed by atoms with Crippen LogP contribution in [0.15, 0.2) is 72.4 Å². The van der Waals surface area contributed by atoms with E-state index in [9.17, 15) is 0 Å². The minimum Gasteiger partial charge on any atom is -0.298 e. The van der Waals surface area contributed by atoms with Crippen LogP contribution in [0.4, 0.5) is 0 Å². The van der Waals surface area contributed by atoms with Crippen molar-refractivity contribution >= 4 is 22.7 Å². The van der Waals surface area contributed by atoms with Gasteiger partial charge in [-0.3, -0.25) is 4.57 Å². The number of pyridine rings is 1. The predicted molar refractivity (Wildman–Crippen MR) is 122 cm³/mol. The summed E-state index contributed by atoms with van der Waals surface area (Å²) in [6, 6.07) is 18.8. The number of benzene rings is 2. The minimum absolute atomic E-state index is 0.424.